The lowest BCUT2D eigenvalue weighted by Crippen LogP contribution is -2.37. The van der Waals surface area contributed by atoms with E-state index in [2.05, 4.69) is 9.46 Å². The zero-order valence-corrected chi connectivity index (χ0v) is 10.7. The van der Waals surface area contributed by atoms with Gasteiger partial charge < -0.3 is 9.84 Å². The zero-order valence-electron chi connectivity index (χ0n) is 9.87. The fourth-order valence-electron chi connectivity index (χ4n) is 1.27. The summed E-state index contributed by atoms with van der Waals surface area (Å²) in [6.07, 6.45) is -1.50. The van der Waals surface area contributed by atoms with Gasteiger partial charge >= 0.3 is 5.97 Å². The molecule has 1 aromatic carbocycles. The Morgan fingerprint density at radius 1 is 1.39 bits per heavy atom. The normalized spacial score (nSPS) is 13.0. The standard InChI is InChI=1S/C11H15NO5S/c1-17-11(14)10(13)7-12-18(15,16)8-9-5-3-2-4-6-9/h2-6,10,12-13H,7-8H2,1H3/t10-/m0/s1. The number of sulfonamides is 1. The van der Waals surface area contributed by atoms with Gasteiger partial charge in [-0.15, -0.1) is 0 Å². The summed E-state index contributed by atoms with van der Waals surface area (Å²) in [4.78, 5) is 10.9. The first-order valence-corrected chi connectivity index (χ1v) is 6.87. The molecule has 0 unspecified atom stereocenters. The van der Waals surface area contributed by atoms with Crippen molar-refractivity contribution in [3.63, 3.8) is 0 Å². The number of aliphatic hydroxyl groups excluding tert-OH is 1. The molecule has 0 aliphatic rings. The molecule has 0 spiro atoms. The van der Waals surface area contributed by atoms with Crippen molar-refractivity contribution in [1.82, 2.24) is 4.72 Å². The van der Waals surface area contributed by atoms with Crippen LogP contribution in [0.15, 0.2) is 30.3 Å². The van der Waals surface area contributed by atoms with Crippen LogP contribution in [0.1, 0.15) is 5.56 Å². The third kappa shape index (κ3) is 4.82. The van der Waals surface area contributed by atoms with Gasteiger partial charge in [0.15, 0.2) is 6.10 Å². The van der Waals surface area contributed by atoms with E-state index in [1.807, 2.05) is 0 Å². The van der Waals surface area contributed by atoms with Crippen LogP contribution < -0.4 is 4.72 Å². The van der Waals surface area contributed by atoms with Gasteiger partial charge in [0.25, 0.3) is 0 Å². The van der Waals surface area contributed by atoms with Gasteiger partial charge in [-0.2, -0.15) is 0 Å². The molecule has 18 heavy (non-hydrogen) atoms. The predicted molar refractivity (Wildman–Crippen MR) is 65.1 cm³/mol. The molecule has 0 radical (unpaired) electrons. The molecule has 2 N–H and O–H groups in total. The highest BCUT2D eigenvalue weighted by molar-refractivity contribution is 7.88. The van der Waals surface area contributed by atoms with Crippen LogP contribution in [-0.2, 0) is 25.3 Å². The smallest absolute Gasteiger partial charge is 0.336 e. The number of aliphatic hydroxyl groups is 1. The number of hydrogen-bond acceptors (Lipinski definition) is 5. The minimum absolute atomic E-state index is 0.207. The molecule has 0 heterocycles. The topological polar surface area (TPSA) is 92.7 Å². The van der Waals surface area contributed by atoms with Gasteiger partial charge in [0.1, 0.15) is 0 Å². The number of carbonyl (C=O) groups excluding carboxylic acids is 1. The molecule has 0 saturated carbocycles. The second kappa shape index (κ2) is 6.48. The molecule has 0 aliphatic carbocycles. The third-order valence-electron chi connectivity index (χ3n) is 2.17. The van der Waals surface area contributed by atoms with Gasteiger partial charge in [-0.25, -0.2) is 17.9 Å². The van der Waals surface area contributed by atoms with E-state index in [0.717, 1.165) is 7.11 Å². The number of hydrogen-bond donors (Lipinski definition) is 2. The minimum Gasteiger partial charge on any atom is -0.467 e. The van der Waals surface area contributed by atoms with Crippen molar-refractivity contribution in [1.29, 1.82) is 0 Å². The molecule has 0 amide bonds. The highest BCUT2D eigenvalue weighted by atomic mass is 32.2. The number of rotatable bonds is 6. The first-order chi connectivity index (χ1) is 8.44. The first-order valence-electron chi connectivity index (χ1n) is 5.22. The Morgan fingerprint density at radius 2 is 2.00 bits per heavy atom. The van der Waals surface area contributed by atoms with Crippen LogP contribution in [0, 0.1) is 0 Å². The molecule has 0 fully saturated rings. The molecule has 1 rings (SSSR count). The minimum atomic E-state index is -3.59. The van der Waals surface area contributed by atoms with E-state index in [9.17, 15) is 18.3 Å². The lowest BCUT2D eigenvalue weighted by atomic mass is 10.2. The SMILES string of the molecule is COC(=O)[C@@H](O)CNS(=O)(=O)Cc1ccccc1. The summed E-state index contributed by atoms with van der Waals surface area (Å²) in [7, 11) is -2.47. The summed E-state index contributed by atoms with van der Waals surface area (Å²) in [6.45, 7) is -0.401. The zero-order chi connectivity index (χ0) is 13.6. The largest absolute Gasteiger partial charge is 0.467 e. The Labute approximate surface area is 106 Å². The molecule has 7 heteroatoms. The maximum absolute atomic E-state index is 11.6. The Bertz CT molecular complexity index is 485. The van der Waals surface area contributed by atoms with E-state index in [4.69, 9.17) is 0 Å². The Kier molecular flexibility index (Phi) is 5.26. The van der Waals surface area contributed by atoms with Crippen LogP contribution >= 0.6 is 0 Å². The van der Waals surface area contributed by atoms with Crippen LogP contribution in [0.3, 0.4) is 0 Å². The molecule has 100 valence electrons. The predicted octanol–water partition coefficient (Wildman–Crippen LogP) is -0.360. The van der Waals surface area contributed by atoms with Gasteiger partial charge in [0, 0.05) is 6.54 Å². The summed E-state index contributed by atoms with van der Waals surface area (Å²) >= 11 is 0. The van der Waals surface area contributed by atoms with Gasteiger partial charge in [-0.1, -0.05) is 30.3 Å². The lowest BCUT2D eigenvalue weighted by Gasteiger charge is -2.10. The quantitative estimate of drug-likeness (QED) is 0.690. The second-order valence-electron chi connectivity index (χ2n) is 3.63. The fraction of sp³-hybridized carbons (Fsp3) is 0.364. The fourth-order valence-corrected chi connectivity index (χ4v) is 2.42. The van der Waals surface area contributed by atoms with Gasteiger partial charge in [0.2, 0.25) is 10.0 Å². The number of carbonyl (C=O) groups is 1. The van der Waals surface area contributed by atoms with Crippen molar-refractivity contribution in [2.24, 2.45) is 0 Å². The number of ether oxygens (including phenoxy) is 1. The Hall–Kier alpha value is -1.44. The second-order valence-corrected chi connectivity index (χ2v) is 5.44. The van der Waals surface area contributed by atoms with E-state index in [-0.39, 0.29) is 5.75 Å². The lowest BCUT2D eigenvalue weighted by molar-refractivity contribution is -0.149. The monoisotopic (exact) mass is 273 g/mol. The molecule has 0 bridgehead atoms. The van der Waals surface area contributed by atoms with Crippen molar-refractivity contribution in [3.05, 3.63) is 35.9 Å². The number of esters is 1. The summed E-state index contributed by atoms with van der Waals surface area (Å²) in [5.41, 5.74) is 0.623. The maximum Gasteiger partial charge on any atom is 0.336 e. The molecule has 0 saturated heterocycles. The summed E-state index contributed by atoms with van der Waals surface area (Å²) < 4.78 is 29.7. The van der Waals surface area contributed by atoms with E-state index < -0.39 is 28.6 Å². The van der Waals surface area contributed by atoms with Gasteiger partial charge in [-0.05, 0) is 5.56 Å². The maximum atomic E-state index is 11.6. The van der Waals surface area contributed by atoms with Crippen molar-refractivity contribution >= 4 is 16.0 Å². The van der Waals surface area contributed by atoms with Crippen molar-refractivity contribution in [2.75, 3.05) is 13.7 Å². The van der Waals surface area contributed by atoms with Crippen molar-refractivity contribution < 1.29 is 23.1 Å². The molecular weight excluding hydrogens is 258 g/mol. The molecule has 6 nitrogen and oxygen atoms in total. The van der Waals surface area contributed by atoms with Gasteiger partial charge in [0.05, 0.1) is 12.9 Å². The molecule has 0 aromatic heterocycles. The van der Waals surface area contributed by atoms with E-state index in [1.54, 1.807) is 30.3 Å². The van der Waals surface area contributed by atoms with Gasteiger partial charge in [-0.3, -0.25) is 0 Å². The molecule has 0 aliphatic heterocycles. The van der Waals surface area contributed by atoms with E-state index in [0.29, 0.717) is 5.56 Å². The van der Waals surface area contributed by atoms with Crippen LogP contribution in [0.2, 0.25) is 0 Å². The Balaban J connectivity index is 2.53. The van der Waals surface area contributed by atoms with Crippen LogP contribution in [0.4, 0.5) is 0 Å². The summed E-state index contributed by atoms with van der Waals surface area (Å²) in [5, 5.41) is 9.25. The van der Waals surface area contributed by atoms with Crippen LogP contribution in [-0.4, -0.2) is 39.3 Å². The van der Waals surface area contributed by atoms with E-state index in [1.165, 1.54) is 0 Å². The third-order valence-corrected chi connectivity index (χ3v) is 3.49. The molecule has 1 aromatic rings. The Morgan fingerprint density at radius 3 is 2.56 bits per heavy atom. The summed E-state index contributed by atoms with van der Waals surface area (Å²) in [6, 6.07) is 8.60. The number of nitrogens with one attached hydrogen (secondary N) is 1. The molecular formula is C11H15NO5S. The molecule has 1 atom stereocenters. The number of methoxy groups -OCH3 is 1. The highest BCUT2D eigenvalue weighted by Gasteiger charge is 2.19. The average molecular weight is 273 g/mol. The van der Waals surface area contributed by atoms with Crippen LogP contribution in [0.5, 0.6) is 0 Å². The van der Waals surface area contributed by atoms with Crippen molar-refractivity contribution in [2.45, 2.75) is 11.9 Å². The summed E-state index contributed by atoms with van der Waals surface area (Å²) in [5.74, 6) is -1.08. The first kappa shape index (κ1) is 14.6. The average Bonchev–Trinajstić information content (AvgIpc) is 2.35. The van der Waals surface area contributed by atoms with E-state index >= 15 is 0 Å². The van der Waals surface area contributed by atoms with Crippen LogP contribution in [0.25, 0.3) is 0 Å². The number of benzene rings is 1. The van der Waals surface area contributed by atoms with Crippen molar-refractivity contribution in [3.8, 4) is 0 Å². The highest BCUT2D eigenvalue weighted by Crippen LogP contribution is 2.03.